The molecule has 0 aliphatic heterocycles. The highest BCUT2D eigenvalue weighted by Gasteiger charge is 2.41. The number of para-hydroxylation sites is 1. The number of aryl methyl sites for hydroxylation is 1. The maximum atomic E-state index is 14.0. The lowest BCUT2D eigenvalue weighted by molar-refractivity contribution is -0.143. The fourth-order valence-electron chi connectivity index (χ4n) is 3.44. The molecule has 1 aromatic heterocycles. The van der Waals surface area contributed by atoms with E-state index in [1.807, 2.05) is 0 Å². The second-order valence-corrected chi connectivity index (χ2v) is 7.55. The standard InChI is InChI=1S/C24H26F3N3O4/c1-15-7-5-6-8-19(15)30-22(24(25,26)27)18(14-28-30)23(31)29-16(2)17-9-10-20(21(13-17)33-4)34-12-11-32-3/h5-10,13-14,16H,11-12H2,1-4H3,(H,29,31). The summed E-state index contributed by atoms with van der Waals surface area (Å²) in [7, 11) is 3.03. The third-order valence-corrected chi connectivity index (χ3v) is 5.21. The van der Waals surface area contributed by atoms with Crippen LogP contribution in [0.25, 0.3) is 5.69 Å². The van der Waals surface area contributed by atoms with Crippen LogP contribution in [0.2, 0.25) is 0 Å². The van der Waals surface area contributed by atoms with E-state index in [0.717, 1.165) is 10.9 Å². The topological polar surface area (TPSA) is 74.6 Å². The Morgan fingerprint density at radius 1 is 1.12 bits per heavy atom. The maximum absolute atomic E-state index is 14.0. The number of hydrogen-bond acceptors (Lipinski definition) is 5. The Morgan fingerprint density at radius 2 is 1.85 bits per heavy atom. The van der Waals surface area contributed by atoms with Crippen LogP contribution < -0.4 is 14.8 Å². The van der Waals surface area contributed by atoms with Crippen LogP contribution in [0.1, 0.15) is 40.1 Å². The molecule has 34 heavy (non-hydrogen) atoms. The summed E-state index contributed by atoms with van der Waals surface area (Å²) in [5, 5.41) is 6.50. The number of benzene rings is 2. The van der Waals surface area contributed by atoms with Gasteiger partial charge in [-0.25, -0.2) is 4.68 Å². The average molecular weight is 477 g/mol. The van der Waals surface area contributed by atoms with E-state index in [2.05, 4.69) is 10.4 Å². The number of rotatable bonds is 9. The number of hydrogen-bond donors (Lipinski definition) is 1. The van der Waals surface area contributed by atoms with Crippen molar-refractivity contribution in [2.24, 2.45) is 0 Å². The minimum atomic E-state index is -4.79. The Hall–Kier alpha value is -3.53. The van der Waals surface area contributed by atoms with Gasteiger partial charge < -0.3 is 19.5 Å². The second-order valence-electron chi connectivity index (χ2n) is 7.55. The van der Waals surface area contributed by atoms with Gasteiger partial charge in [0.1, 0.15) is 6.61 Å². The van der Waals surface area contributed by atoms with Gasteiger partial charge >= 0.3 is 6.18 Å². The van der Waals surface area contributed by atoms with Crippen LogP contribution in [0.15, 0.2) is 48.7 Å². The van der Waals surface area contributed by atoms with Crippen molar-refractivity contribution in [3.05, 3.63) is 71.0 Å². The smallest absolute Gasteiger partial charge is 0.434 e. The average Bonchev–Trinajstić information content (AvgIpc) is 3.25. The number of alkyl halides is 3. The molecule has 0 saturated heterocycles. The molecule has 0 spiro atoms. The van der Waals surface area contributed by atoms with Crippen LogP contribution in [0.3, 0.4) is 0 Å². The van der Waals surface area contributed by atoms with E-state index in [0.29, 0.717) is 35.8 Å². The Labute approximate surface area is 195 Å². The molecule has 182 valence electrons. The van der Waals surface area contributed by atoms with Crippen molar-refractivity contribution in [3.63, 3.8) is 0 Å². The Morgan fingerprint density at radius 3 is 2.50 bits per heavy atom. The van der Waals surface area contributed by atoms with Crippen molar-refractivity contribution in [2.75, 3.05) is 27.4 Å². The van der Waals surface area contributed by atoms with E-state index in [1.54, 1.807) is 57.4 Å². The molecule has 2 aromatic carbocycles. The summed E-state index contributed by atoms with van der Waals surface area (Å²) in [4.78, 5) is 12.9. The number of carbonyl (C=O) groups excluding carboxylic acids is 1. The van der Waals surface area contributed by atoms with E-state index in [9.17, 15) is 18.0 Å². The van der Waals surface area contributed by atoms with Crippen LogP contribution in [0.4, 0.5) is 13.2 Å². The lowest BCUT2D eigenvalue weighted by Crippen LogP contribution is -2.29. The predicted octanol–water partition coefficient (Wildman–Crippen LogP) is 4.72. The van der Waals surface area contributed by atoms with Gasteiger partial charge in [0, 0.05) is 7.11 Å². The number of amides is 1. The van der Waals surface area contributed by atoms with Crippen LogP contribution in [0, 0.1) is 6.92 Å². The third-order valence-electron chi connectivity index (χ3n) is 5.21. The fourth-order valence-corrected chi connectivity index (χ4v) is 3.44. The highest BCUT2D eigenvalue weighted by molar-refractivity contribution is 5.95. The molecule has 0 fully saturated rings. The molecule has 0 bridgehead atoms. The molecule has 0 saturated carbocycles. The fraction of sp³-hybridized carbons (Fsp3) is 0.333. The Balaban J connectivity index is 1.86. The summed E-state index contributed by atoms with van der Waals surface area (Å²) >= 11 is 0. The summed E-state index contributed by atoms with van der Waals surface area (Å²) in [6, 6.07) is 10.9. The van der Waals surface area contributed by atoms with E-state index in [1.165, 1.54) is 13.2 Å². The summed E-state index contributed by atoms with van der Waals surface area (Å²) in [5.41, 5.74) is -0.226. The largest absolute Gasteiger partial charge is 0.493 e. The SMILES string of the molecule is COCCOc1ccc(C(C)NC(=O)c2cnn(-c3ccccc3C)c2C(F)(F)F)cc1OC. The molecule has 1 N–H and O–H groups in total. The van der Waals surface area contributed by atoms with Crippen molar-refractivity contribution < 1.29 is 32.2 Å². The molecule has 10 heteroatoms. The van der Waals surface area contributed by atoms with Gasteiger partial charge in [-0.3, -0.25) is 4.79 Å². The molecule has 3 rings (SSSR count). The minimum Gasteiger partial charge on any atom is -0.493 e. The van der Waals surface area contributed by atoms with Gasteiger partial charge in [0.05, 0.1) is 37.2 Å². The van der Waals surface area contributed by atoms with Gasteiger partial charge in [0.2, 0.25) is 0 Å². The predicted molar refractivity (Wildman–Crippen MR) is 120 cm³/mol. The van der Waals surface area contributed by atoms with Crippen molar-refractivity contribution in [2.45, 2.75) is 26.1 Å². The van der Waals surface area contributed by atoms with Crippen molar-refractivity contribution >= 4 is 5.91 Å². The van der Waals surface area contributed by atoms with E-state index in [-0.39, 0.29) is 5.69 Å². The number of aromatic nitrogens is 2. The van der Waals surface area contributed by atoms with Crippen LogP contribution >= 0.6 is 0 Å². The Kier molecular flexibility index (Phi) is 7.83. The molecule has 1 atom stereocenters. The first-order chi connectivity index (χ1) is 16.2. The molecule has 1 heterocycles. The Bertz CT molecular complexity index is 1140. The molecule has 7 nitrogen and oxygen atoms in total. The number of carbonyl (C=O) groups is 1. The third kappa shape index (κ3) is 5.51. The molecular weight excluding hydrogens is 451 g/mol. The normalized spacial score (nSPS) is 12.3. The zero-order valence-corrected chi connectivity index (χ0v) is 19.3. The maximum Gasteiger partial charge on any atom is 0.434 e. The molecule has 3 aromatic rings. The van der Waals surface area contributed by atoms with Gasteiger partial charge in [0.25, 0.3) is 5.91 Å². The molecule has 0 aliphatic carbocycles. The number of methoxy groups -OCH3 is 2. The van der Waals surface area contributed by atoms with Crippen LogP contribution in [0.5, 0.6) is 11.5 Å². The van der Waals surface area contributed by atoms with E-state index < -0.39 is 29.4 Å². The number of ether oxygens (including phenoxy) is 3. The van der Waals surface area contributed by atoms with Gasteiger partial charge in [-0.1, -0.05) is 24.3 Å². The van der Waals surface area contributed by atoms with Gasteiger partial charge in [-0.15, -0.1) is 0 Å². The quantitative estimate of drug-likeness (QED) is 0.452. The van der Waals surface area contributed by atoms with Gasteiger partial charge in [-0.05, 0) is 43.2 Å². The lowest BCUT2D eigenvalue weighted by Gasteiger charge is -2.18. The monoisotopic (exact) mass is 477 g/mol. The number of nitrogens with one attached hydrogen (secondary N) is 1. The molecular formula is C24H26F3N3O4. The highest BCUT2D eigenvalue weighted by Crippen LogP contribution is 2.35. The first kappa shape index (κ1) is 25.1. The van der Waals surface area contributed by atoms with Crippen molar-refractivity contribution in [3.8, 4) is 17.2 Å². The first-order valence-electron chi connectivity index (χ1n) is 10.5. The van der Waals surface area contributed by atoms with E-state index >= 15 is 0 Å². The lowest BCUT2D eigenvalue weighted by atomic mass is 10.1. The molecule has 1 unspecified atom stereocenters. The summed E-state index contributed by atoms with van der Waals surface area (Å²) in [6.07, 6.45) is -3.86. The zero-order chi connectivity index (χ0) is 24.9. The second kappa shape index (κ2) is 10.6. The van der Waals surface area contributed by atoms with Gasteiger partial charge in [0.15, 0.2) is 17.2 Å². The number of halogens is 3. The molecule has 0 radical (unpaired) electrons. The first-order valence-corrected chi connectivity index (χ1v) is 10.5. The van der Waals surface area contributed by atoms with E-state index in [4.69, 9.17) is 14.2 Å². The van der Waals surface area contributed by atoms with Crippen molar-refractivity contribution in [1.82, 2.24) is 15.1 Å². The summed E-state index contributed by atoms with van der Waals surface area (Å²) < 4.78 is 58.6. The molecule has 0 aliphatic rings. The summed E-state index contributed by atoms with van der Waals surface area (Å²) in [5.74, 6) is 0.0257. The molecule has 1 amide bonds. The van der Waals surface area contributed by atoms with Gasteiger partial charge in [-0.2, -0.15) is 18.3 Å². The van der Waals surface area contributed by atoms with Crippen LogP contribution in [-0.2, 0) is 10.9 Å². The van der Waals surface area contributed by atoms with Crippen LogP contribution in [-0.4, -0.2) is 43.1 Å². The zero-order valence-electron chi connectivity index (χ0n) is 19.3. The summed E-state index contributed by atoms with van der Waals surface area (Å²) in [6.45, 7) is 4.06. The number of nitrogens with zero attached hydrogens (tertiary/aromatic N) is 2. The van der Waals surface area contributed by atoms with Crippen molar-refractivity contribution in [1.29, 1.82) is 0 Å². The minimum absolute atomic E-state index is 0.246. The highest BCUT2D eigenvalue weighted by atomic mass is 19.4.